The van der Waals surface area contributed by atoms with Crippen molar-refractivity contribution < 1.29 is 23.4 Å². The summed E-state index contributed by atoms with van der Waals surface area (Å²) in [7, 11) is 0. The van der Waals surface area contributed by atoms with Gasteiger partial charge in [0.15, 0.2) is 11.5 Å². The fourth-order valence-corrected chi connectivity index (χ4v) is 7.77. The average Bonchev–Trinajstić information content (AvgIpc) is 3.78. The lowest BCUT2D eigenvalue weighted by Crippen LogP contribution is -2.33. The Morgan fingerprint density at radius 3 is 2.75 bits per heavy atom. The summed E-state index contributed by atoms with van der Waals surface area (Å²) in [5, 5.41) is 11.7. The second-order valence-corrected chi connectivity index (χ2v) is 14.7. The zero-order chi connectivity index (χ0) is 36.4. The number of imidazole rings is 1. The number of aromatic nitrogens is 4. The summed E-state index contributed by atoms with van der Waals surface area (Å²) in [5.41, 5.74) is 8.21. The molecule has 2 aromatic heterocycles. The number of aryl methyl sites for hydroxylation is 2. The molecule has 1 saturated heterocycles. The first-order chi connectivity index (χ1) is 25.6. The van der Waals surface area contributed by atoms with Crippen molar-refractivity contribution in [3.05, 3.63) is 117 Å². The van der Waals surface area contributed by atoms with Gasteiger partial charge in [-0.25, -0.2) is 9.37 Å². The molecule has 270 valence electrons. The Hall–Kier alpha value is -5.23. The van der Waals surface area contributed by atoms with Crippen molar-refractivity contribution in [3.8, 4) is 11.5 Å². The van der Waals surface area contributed by atoms with Gasteiger partial charge in [0.05, 0.1) is 41.3 Å². The minimum atomic E-state index is -1.31. The summed E-state index contributed by atoms with van der Waals surface area (Å²) >= 11 is 6.01. The molecule has 4 aromatic carbocycles. The van der Waals surface area contributed by atoms with Crippen molar-refractivity contribution in [2.24, 2.45) is 0 Å². The predicted molar refractivity (Wildman–Crippen MR) is 202 cm³/mol. The van der Waals surface area contributed by atoms with Crippen LogP contribution in [-0.2, 0) is 23.6 Å². The number of halogens is 2. The molecule has 6 aromatic rings. The number of benzene rings is 4. The minimum Gasteiger partial charge on any atom is -0.444 e. The van der Waals surface area contributed by atoms with Gasteiger partial charge in [-0.15, -0.1) is 0 Å². The SMILES string of the molecule is Cc1[nH]nc2c(C)cc(C(=O)Nc3ccc4c(c3)nc(CN3CC=C(c5cccc6c5O[C@](C)(c5ccc(Cl)cc5F)O6)CC3)n4C[C@@H]3CCO3)cc12. The molecular formula is C41H38ClFN6O4. The number of anilines is 1. The highest BCUT2D eigenvalue weighted by molar-refractivity contribution is 6.30. The summed E-state index contributed by atoms with van der Waals surface area (Å²) in [6.45, 7) is 9.31. The molecule has 0 radical (unpaired) electrons. The number of aromatic amines is 1. The smallest absolute Gasteiger partial charge is 0.278 e. The van der Waals surface area contributed by atoms with E-state index in [1.165, 1.54) is 6.07 Å². The van der Waals surface area contributed by atoms with Crippen LogP contribution in [0.15, 0.2) is 72.8 Å². The first kappa shape index (κ1) is 33.6. The number of H-pyrrole nitrogens is 1. The molecule has 0 saturated carbocycles. The highest BCUT2D eigenvalue weighted by Crippen LogP contribution is 2.49. The fourth-order valence-electron chi connectivity index (χ4n) is 7.61. The maximum absolute atomic E-state index is 14.9. The third-order valence-electron chi connectivity index (χ3n) is 10.6. The number of nitrogens with zero attached hydrogens (tertiary/aromatic N) is 4. The highest BCUT2D eigenvalue weighted by atomic mass is 35.5. The van der Waals surface area contributed by atoms with Gasteiger partial charge in [-0.3, -0.25) is 14.8 Å². The number of carbonyl (C=O) groups excluding carboxylic acids is 1. The lowest BCUT2D eigenvalue weighted by Gasteiger charge is -2.29. The molecule has 53 heavy (non-hydrogen) atoms. The van der Waals surface area contributed by atoms with E-state index >= 15 is 0 Å². The average molecular weight is 733 g/mol. The van der Waals surface area contributed by atoms with Gasteiger partial charge in [-0.2, -0.15) is 5.10 Å². The Labute approximate surface area is 310 Å². The summed E-state index contributed by atoms with van der Waals surface area (Å²) in [6, 6.07) is 20.0. The van der Waals surface area contributed by atoms with Crippen LogP contribution in [0.4, 0.5) is 10.1 Å². The van der Waals surface area contributed by atoms with Gasteiger partial charge >= 0.3 is 0 Å². The Morgan fingerprint density at radius 2 is 1.98 bits per heavy atom. The number of amides is 1. The Bertz CT molecular complexity index is 2470. The van der Waals surface area contributed by atoms with Crippen molar-refractivity contribution >= 4 is 50.7 Å². The van der Waals surface area contributed by atoms with Crippen LogP contribution in [0, 0.1) is 19.7 Å². The molecule has 12 heteroatoms. The fraction of sp³-hybridized carbons (Fsp3) is 0.293. The van der Waals surface area contributed by atoms with Gasteiger partial charge in [0.25, 0.3) is 11.7 Å². The molecule has 0 bridgehead atoms. The quantitative estimate of drug-likeness (QED) is 0.162. The van der Waals surface area contributed by atoms with Gasteiger partial charge in [-0.05, 0) is 92.4 Å². The van der Waals surface area contributed by atoms with Crippen molar-refractivity contribution in [3.63, 3.8) is 0 Å². The molecule has 1 fully saturated rings. The van der Waals surface area contributed by atoms with E-state index in [1.807, 2.05) is 62.4 Å². The second-order valence-electron chi connectivity index (χ2n) is 14.2. The van der Waals surface area contributed by atoms with E-state index in [1.54, 1.807) is 19.1 Å². The molecule has 2 atom stereocenters. The van der Waals surface area contributed by atoms with Gasteiger partial charge in [0.2, 0.25) is 0 Å². The minimum absolute atomic E-state index is 0.150. The maximum Gasteiger partial charge on any atom is 0.278 e. The number of fused-ring (bicyclic) bond motifs is 3. The Morgan fingerprint density at radius 1 is 1.11 bits per heavy atom. The van der Waals surface area contributed by atoms with Gasteiger partial charge in [0, 0.05) is 59.5 Å². The zero-order valence-electron chi connectivity index (χ0n) is 29.6. The van der Waals surface area contributed by atoms with E-state index < -0.39 is 11.6 Å². The van der Waals surface area contributed by atoms with E-state index in [2.05, 4.69) is 31.1 Å². The third-order valence-corrected chi connectivity index (χ3v) is 10.8. The van der Waals surface area contributed by atoms with Gasteiger partial charge in [-0.1, -0.05) is 29.8 Å². The number of carbonyl (C=O) groups is 1. The lowest BCUT2D eigenvalue weighted by molar-refractivity contribution is -0.0708. The van der Waals surface area contributed by atoms with Crippen LogP contribution in [0.5, 0.6) is 11.5 Å². The molecular weight excluding hydrogens is 695 g/mol. The molecule has 0 aliphatic carbocycles. The van der Waals surface area contributed by atoms with Crippen LogP contribution < -0.4 is 14.8 Å². The molecule has 10 nitrogen and oxygen atoms in total. The van der Waals surface area contributed by atoms with E-state index in [0.717, 1.165) is 82.7 Å². The van der Waals surface area contributed by atoms with Crippen molar-refractivity contribution in [2.75, 3.05) is 25.0 Å². The van der Waals surface area contributed by atoms with Gasteiger partial charge in [0.1, 0.15) is 11.6 Å². The van der Waals surface area contributed by atoms with E-state index in [-0.39, 0.29) is 17.6 Å². The largest absolute Gasteiger partial charge is 0.444 e. The van der Waals surface area contributed by atoms with Crippen molar-refractivity contribution in [1.82, 2.24) is 24.6 Å². The number of nitrogens with one attached hydrogen (secondary N) is 2. The van der Waals surface area contributed by atoms with Crippen molar-refractivity contribution in [1.29, 1.82) is 0 Å². The van der Waals surface area contributed by atoms with Crippen LogP contribution in [0.2, 0.25) is 5.02 Å². The first-order valence-electron chi connectivity index (χ1n) is 17.9. The molecule has 0 unspecified atom stereocenters. The number of para-hydroxylation sites is 1. The molecule has 3 aliphatic rings. The van der Waals surface area contributed by atoms with Crippen LogP contribution >= 0.6 is 11.6 Å². The third kappa shape index (κ3) is 6.12. The van der Waals surface area contributed by atoms with Crippen LogP contribution in [0.3, 0.4) is 0 Å². The maximum atomic E-state index is 14.9. The molecule has 3 aliphatic heterocycles. The van der Waals surface area contributed by atoms with E-state index in [0.29, 0.717) is 40.9 Å². The monoisotopic (exact) mass is 732 g/mol. The molecule has 5 heterocycles. The molecule has 1 amide bonds. The zero-order valence-corrected chi connectivity index (χ0v) is 30.4. The number of ether oxygens (including phenoxy) is 3. The normalized spacial score (nSPS) is 19.8. The Kier molecular flexibility index (Phi) is 8.25. The molecule has 0 spiro atoms. The van der Waals surface area contributed by atoms with Gasteiger partial charge < -0.3 is 24.1 Å². The van der Waals surface area contributed by atoms with Crippen molar-refractivity contribution in [2.45, 2.75) is 58.6 Å². The molecule has 9 rings (SSSR count). The summed E-state index contributed by atoms with van der Waals surface area (Å²) in [6.07, 6.45) is 4.18. The van der Waals surface area contributed by atoms with Crippen LogP contribution in [0.1, 0.15) is 58.3 Å². The second kappa shape index (κ2) is 13.0. The predicted octanol–water partition coefficient (Wildman–Crippen LogP) is 8.30. The number of hydrogen-bond acceptors (Lipinski definition) is 7. The Balaban J connectivity index is 0.939. The lowest BCUT2D eigenvalue weighted by atomic mass is 9.98. The number of rotatable bonds is 8. The first-order valence-corrected chi connectivity index (χ1v) is 18.3. The summed E-state index contributed by atoms with van der Waals surface area (Å²) < 4.78 is 35.6. The molecule has 2 N–H and O–H groups in total. The highest BCUT2D eigenvalue weighted by Gasteiger charge is 2.42. The standard InChI is InChI=1S/C41H38ClFN6O4/c1-23-17-26(18-31-24(2)46-47-38(23)31)40(50)44-28-8-10-35-34(20-28)45-37(49(35)21-29-13-16-51-29)22-48-14-11-25(12-15-48)30-5-4-6-36-39(30)53-41(3,52-36)32-9-7-27(42)19-33(32)43/h4-11,17-20,29H,12-16,21-22H2,1-3H3,(H,44,50)(H,46,47)/t29-,41+/m0/s1. The summed E-state index contributed by atoms with van der Waals surface area (Å²) in [4.78, 5) is 20.9. The number of hydrogen-bond donors (Lipinski definition) is 2. The van der Waals surface area contributed by atoms with Crippen LogP contribution in [-0.4, -0.2) is 56.4 Å². The topological polar surface area (TPSA) is 107 Å². The van der Waals surface area contributed by atoms with Crippen LogP contribution in [0.25, 0.3) is 27.5 Å². The van der Waals surface area contributed by atoms with E-state index in [9.17, 15) is 9.18 Å². The van der Waals surface area contributed by atoms with E-state index in [4.69, 9.17) is 30.8 Å². The summed E-state index contributed by atoms with van der Waals surface area (Å²) in [5.74, 6) is 0.163.